The number of hydrogen-bond acceptors (Lipinski definition) is 5. The Balaban J connectivity index is 2.15. The van der Waals surface area contributed by atoms with Crippen molar-refractivity contribution in [2.75, 3.05) is 21.3 Å². The summed E-state index contributed by atoms with van der Waals surface area (Å²) in [7, 11) is 4.71. The monoisotopic (exact) mass is 316 g/mol. The number of nitrogens with one attached hydrogen (secondary N) is 1. The Kier molecular flexibility index (Phi) is 5.30. The van der Waals surface area contributed by atoms with Gasteiger partial charge in [0.2, 0.25) is 5.75 Å². The van der Waals surface area contributed by atoms with Crippen molar-refractivity contribution in [2.24, 2.45) is 5.73 Å². The molecule has 0 radical (unpaired) electrons. The highest BCUT2D eigenvalue weighted by Crippen LogP contribution is 2.38. The van der Waals surface area contributed by atoms with Crippen molar-refractivity contribution in [3.8, 4) is 23.0 Å². The van der Waals surface area contributed by atoms with Gasteiger partial charge in [-0.3, -0.25) is 5.41 Å². The van der Waals surface area contributed by atoms with Crippen molar-refractivity contribution < 1.29 is 18.9 Å². The Hall–Kier alpha value is -2.89. The number of hydrogen-bond donors (Lipinski definition) is 2. The minimum absolute atomic E-state index is 0.0289. The molecule has 0 aliphatic heterocycles. The van der Waals surface area contributed by atoms with Crippen LogP contribution in [0.25, 0.3) is 0 Å². The van der Waals surface area contributed by atoms with E-state index in [0.29, 0.717) is 35.2 Å². The van der Waals surface area contributed by atoms with Gasteiger partial charge in [0.15, 0.2) is 11.5 Å². The quantitative estimate of drug-likeness (QED) is 0.605. The van der Waals surface area contributed by atoms with E-state index >= 15 is 0 Å². The molecule has 0 saturated carbocycles. The van der Waals surface area contributed by atoms with E-state index in [4.69, 9.17) is 30.1 Å². The molecule has 2 rings (SSSR count). The molecule has 0 aliphatic carbocycles. The summed E-state index contributed by atoms with van der Waals surface area (Å²) in [6, 6.07) is 10.7. The lowest BCUT2D eigenvalue weighted by Crippen LogP contribution is -2.10. The Morgan fingerprint density at radius 2 is 1.52 bits per heavy atom. The first-order valence-electron chi connectivity index (χ1n) is 6.95. The Bertz CT molecular complexity index is 658. The molecule has 2 aromatic rings. The molecular formula is C17H20N2O4. The molecule has 122 valence electrons. The van der Waals surface area contributed by atoms with Gasteiger partial charge in [-0.1, -0.05) is 0 Å². The number of benzene rings is 2. The van der Waals surface area contributed by atoms with Crippen LogP contribution in [0.15, 0.2) is 36.4 Å². The molecule has 6 nitrogen and oxygen atoms in total. The van der Waals surface area contributed by atoms with Crippen LogP contribution in [0.3, 0.4) is 0 Å². The topological polar surface area (TPSA) is 86.8 Å². The molecule has 0 aliphatic rings. The van der Waals surface area contributed by atoms with Crippen LogP contribution in [-0.2, 0) is 6.61 Å². The predicted molar refractivity (Wildman–Crippen MR) is 87.9 cm³/mol. The molecule has 3 N–H and O–H groups in total. The lowest BCUT2D eigenvalue weighted by molar-refractivity contribution is 0.298. The summed E-state index contributed by atoms with van der Waals surface area (Å²) in [5, 5.41) is 7.37. The van der Waals surface area contributed by atoms with E-state index in [1.54, 1.807) is 45.6 Å². The molecule has 0 atom stereocenters. The second kappa shape index (κ2) is 7.40. The van der Waals surface area contributed by atoms with Gasteiger partial charge < -0.3 is 24.7 Å². The zero-order valence-corrected chi connectivity index (χ0v) is 13.4. The average molecular weight is 316 g/mol. The highest BCUT2D eigenvalue weighted by molar-refractivity contribution is 5.94. The van der Waals surface area contributed by atoms with Gasteiger partial charge in [-0.2, -0.15) is 0 Å². The van der Waals surface area contributed by atoms with Crippen molar-refractivity contribution in [1.29, 1.82) is 5.41 Å². The summed E-state index contributed by atoms with van der Waals surface area (Å²) in [6.45, 7) is 0.343. The average Bonchev–Trinajstić information content (AvgIpc) is 2.59. The van der Waals surface area contributed by atoms with Crippen molar-refractivity contribution in [1.82, 2.24) is 0 Å². The van der Waals surface area contributed by atoms with Gasteiger partial charge in [-0.15, -0.1) is 0 Å². The number of amidine groups is 1. The largest absolute Gasteiger partial charge is 0.493 e. The molecule has 6 heteroatoms. The molecule has 0 heterocycles. The molecule has 0 amide bonds. The maximum absolute atomic E-state index is 7.37. The van der Waals surface area contributed by atoms with Gasteiger partial charge in [-0.05, 0) is 42.0 Å². The van der Waals surface area contributed by atoms with Gasteiger partial charge in [0.1, 0.15) is 18.2 Å². The van der Waals surface area contributed by atoms with E-state index in [1.807, 2.05) is 12.1 Å². The first kappa shape index (κ1) is 16.5. The molecule has 0 bridgehead atoms. The molecule has 23 heavy (non-hydrogen) atoms. The van der Waals surface area contributed by atoms with Crippen LogP contribution < -0.4 is 24.7 Å². The minimum Gasteiger partial charge on any atom is -0.493 e. The number of rotatable bonds is 7. The third-order valence-electron chi connectivity index (χ3n) is 3.30. The number of nitrogen functional groups attached to an aromatic ring is 1. The van der Waals surface area contributed by atoms with E-state index < -0.39 is 0 Å². The molecule has 0 aromatic heterocycles. The minimum atomic E-state index is 0.0289. The van der Waals surface area contributed by atoms with E-state index in [1.165, 1.54) is 0 Å². The molecule has 0 saturated heterocycles. The third kappa shape index (κ3) is 3.85. The van der Waals surface area contributed by atoms with Crippen molar-refractivity contribution >= 4 is 5.84 Å². The van der Waals surface area contributed by atoms with Crippen molar-refractivity contribution in [2.45, 2.75) is 6.61 Å². The van der Waals surface area contributed by atoms with Crippen LogP contribution in [0.5, 0.6) is 23.0 Å². The standard InChI is InChI=1S/C17H20N2O4/c1-20-14-8-11(9-15(21-2)16(14)22-3)10-23-13-6-4-12(5-7-13)17(18)19/h4-9H,10H2,1-3H3,(H3,18,19). The second-order valence-electron chi connectivity index (χ2n) is 4.76. The zero-order chi connectivity index (χ0) is 16.8. The maximum Gasteiger partial charge on any atom is 0.203 e. The maximum atomic E-state index is 7.37. The molecular weight excluding hydrogens is 296 g/mol. The Morgan fingerprint density at radius 1 is 0.957 bits per heavy atom. The SMILES string of the molecule is COc1cc(COc2ccc(C(=N)N)cc2)cc(OC)c1OC. The van der Waals surface area contributed by atoms with E-state index in [2.05, 4.69) is 0 Å². The highest BCUT2D eigenvalue weighted by Gasteiger charge is 2.13. The number of nitrogens with two attached hydrogens (primary N) is 1. The summed E-state index contributed by atoms with van der Waals surface area (Å²) in [5.74, 6) is 2.42. The van der Waals surface area contributed by atoms with Crippen molar-refractivity contribution in [3.63, 3.8) is 0 Å². The van der Waals surface area contributed by atoms with Gasteiger partial charge in [0, 0.05) is 5.56 Å². The zero-order valence-electron chi connectivity index (χ0n) is 13.4. The Morgan fingerprint density at radius 3 is 1.96 bits per heavy atom. The van der Waals surface area contributed by atoms with Crippen LogP contribution in [0.1, 0.15) is 11.1 Å². The lowest BCUT2D eigenvalue weighted by Gasteiger charge is -2.14. The first-order chi connectivity index (χ1) is 11.1. The van der Waals surface area contributed by atoms with Gasteiger partial charge in [-0.25, -0.2) is 0 Å². The van der Waals surface area contributed by atoms with E-state index in [0.717, 1.165) is 5.56 Å². The summed E-state index contributed by atoms with van der Waals surface area (Å²) >= 11 is 0. The van der Waals surface area contributed by atoms with Crippen LogP contribution in [0, 0.1) is 5.41 Å². The fourth-order valence-electron chi connectivity index (χ4n) is 2.12. The highest BCUT2D eigenvalue weighted by atomic mass is 16.5. The normalized spacial score (nSPS) is 10.0. The van der Waals surface area contributed by atoms with Gasteiger partial charge >= 0.3 is 0 Å². The fourth-order valence-corrected chi connectivity index (χ4v) is 2.12. The third-order valence-corrected chi connectivity index (χ3v) is 3.30. The molecule has 0 fully saturated rings. The van der Waals surface area contributed by atoms with Crippen LogP contribution in [-0.4, -0.2) is 27.2 Å². The number of methoxy groups -OCH3 is 3. The molecule has 2 aromatic carbocycles. The van der Waals surface area contributed by atoms with Gasteiger partial charge in [0.05, 0.1) is 21.3 Å². The van der Waals surface area contributed by atoms with E-state index in [-0.39, 0.29) is 5.84 Å². The van der Waals surface area contributed by atoms with E-state index in [9.17, 15) is 0 Å². The van der Waals surface area contributed by atoms with Crippen LogP contribution in [0.2, 0.25) is 0 Å². The summed E-state index contributed by atoms with van der Waals surface area (Å²) in [6.07, 6.45) is 0. The lowest BCUT2D eigenvalue weighted by atomic mass is 10.2. The Labute approximate surface area is 135 Å². The molecule has 0 spiro atoms. The smallest absolute Gasteiger partial charge is 0.203 e. The predicted octanol–water partition coefficient (Wildman–Crippen LogP) is 2.58. The summed E-state index contributed by atoms with van der Waals surface area (Å²) < 4.78 is 21.7. The summed E-state index contributed by atoms with van der Waals surface area (Å²) in [4.78, 5) is 0. The molecule has 0 unspecified atom stereocenters. The first-order valence-corrected chi connectivity index (χ1v) is 6.95. The fraction of sp³-hybridized carbons (Fsp3) is 0.235. The van der Waals surface area contributed by atoms with Crippen LogP contribution >= 0.6 is 0 Å². The van der Waals surface area contributed by atoms with Crippen molar-refractivity contribution in [3.05, 3.63) is 47.5 Å². The number of ether oxygens (including phenoxy) is 4. The second-order valence-corrected chi connectivity index (χ2v) is 4.76. The van der Waals surface area contributed by atoms with Gasteiger partial charge in [0.25, 0.3) is 0 Å². The van der Waals surface area contributed by atoms with Crippen LogP contribution in [0.4, 0.5) is 0 Å². The summed E-state index contributed by atoms with van der Waals surface area (Å²) in [5.41, 5.74) is 6.96.